The van der Waals surface area contributed by atoms with Crippen LogP contribution in [0.2, 0.25) is 0 Å². The minimum absolute atomic E-state index is 0.458. The van der Waals surface area contributed by atoms with Crippen LogP contribution in [0, 0.1) is 0 Å². The van der Waals surface area contributed by atoms with E-state index in [1.807, 2.05) is 12.1 Å². The fourth-order valence-electron chi connectivity index (χ4n) is 1.75. The lowest BCUT2D eigenvalue weighted by atomic mass is 9.99. The Kier molecular flexibility index (Phi) is 4.70. The van der Waals surface area contributed by atoms with Crippen LogP contribution in [0.15, 0.2) is 24.3 Å². The number of likely N-dealkylation sites (N-methyl/N-ethyl adjacent to an activating group) is 1. The standard InChI is InChI=1S/C14H21NO2/c1-10(2)12-7-5-11(6-8-12)9-13(14(16)17)15(3)4/h5-8,10,13H,9H2,1-4H3,(H,16,17). The average molecular weight is 235 g/mol. The largest absolute Gasteiger partial charge is 0.480 e. The third kappa shape index (κ3) is 3.86. The average Bonchev–Trinajstić information content (AvgIpc) is 2.25. The van der Waals surface area contributed by atoms with Crippen molar-refractivity contribution in [2.75, 3.05) is 14.1 Å². The van der Waals surface area contributed by atoms with Crippen LogP contribution in [0.25, 0.3) is 0 Å². The molecule has 0 bridgehead atoms. The minimum atomic E-state index is -0.775. The first-order valence-electron chi connectivity index (χ1n) is 5.90. The van der Waals surface area contributed by atoms with Gasteiger partial charge in [0.25, 0.3) is 0 Å². The summed E-state index contributed by atoms with van der Waals surface area (Å²) in [6, 6.07) is 7.74. The third-order valence-corrected chi connectivity index (χ3v) is 2.98. The van der Waals surface area contributed by atoms with Gasteiger partial charge in [-0.3, -0.25) is 9.69 Å². The topological polar surface area (TPSA) is 40.5 Å². The van der Waals surface area contributed by atoms with Crippen molar-refractivity contribution >= 4 is 5.97 Å². The van der Waals surface area contributed by atoms with Crippen molar-refractivity contribution in [2.45, 2.75) is 32.2 Å². The lowest BCUT2D eigenvalue weighted by molar-refractivity contribution is -0.142. The zero-order chi connectivity index (χ0) is 13.0. The van der Waals surface area contributed by atoms with Gasteiger partial charge in [-0.2, -0.15) is 0 Å². The number of hydrogen-bond acceptors (Lipinski definition) is 2. The Labute approximate surface area is 103 Å². The lowest BCUT2D eigenvalue weighted by Crippen LogP contribution is -2.37. The summed E-state index contributed by atoms with van der Waals surface area (Å²) >= 11 is 0. The molecule has 0 fully saturated rings. The zero-order valence-corrected chi connectivity index (χ0v) is 11.0. The molecule has 0 saturated carbocycles. The monoisotopic (exact) mass is 235 g/mol. The zero-order valence-electron chi connectivity index (χ0n) is 11.0. The van der Waals surface area contributed by atoms with E-state index >= 15 is 0 Å². The third-order valence-electron chi connectivity index (χ3n) is 2.98. The predicted molar refractivity (Wildman–Crippen MR) is 69.3 cm³/mol. The quantitative estimate of drug-likeness (QED) is 0.851. The molecule has 1 rings (SSSR count). The fourth-order valence-corrected chi connectivity index (χ4v) is 1.75. The van der Waals surface area contributed by atoms with Crippen LogP contribution < -0.4 is 0 Å². The second-order valence-corrected chi connectivity index (χ2v) is 4.92. The molecule has 0 aliphatic heterocycles. The van der Waals surface area contributed by atoms with Gasteiger partial charge in [0, 0.05) is 0 Å². The highest BCUT2D eigenvalue weighted by molar-refractivity contribution is 5.73. The van der Waals surface area contributed by atoms with E-state index < -0.39 is 12.0 Å². The first-order chi connectivity index (χ1) is 7.91. The van der Waals surface area contributed by atoms with Gasteiger partial charge in [0.2, 0.25) is 0 Å². The normalized spacial score (nSPS) is 13.1. The van der Waals surface area contributed by atoms with Crippen molar-refractivity contribution in [3.05, 3.63) is 35.4 Å². The van der Waals surface area contributed by atoms with Crippen molar-refractivity contribution in [3.8, 4) is 0 Å². The molecule has 1 unspecified atom stereocenters. The van der Waals surface area contributed by atoms with Gasteiger partial charge in [-0.1, -0.05) is 38.1 Å². The Bertz CT molecular complexity index is 368. The molecule has 0 spiro atoms. The van der Waals surface area contributed by atoms with Gasteiger partial charge in [0.1, 0.15) is 6.04 Å². The number of nitrogens with zero attached hydrogens (tertiary/aromatic N) is 1. The van der Waals surface area contributed by atoms with E-state index in [2.05, 4.69) is 26.0 Å². The van der Waals surface area contributed by atoms with Gasteiger partial charge in [-0.15, -0.1) is 0 Å². The predicted octanol–water partition coefficient (Wildman–Crippen LogP) is 2.37. The summed E-state index contributed by atoms with van der Waals surface area (Å²) in [5, 5.41) is 9.11. The molecule has 94 valence electrons. The maximum absolute atomic E-state index is 11.1. The second-order valence-electron chi connectivity index (χ2n) is 4.92. The number of benzene rings is 1. The maximum atomic E-state index is 11.1. The second kappa shape index (κ2) is 5.82. The van der Waals surface area contributed by atoms with E-state index in [1.165, 1.54) is 5.56 Å². The van der Waals surface area contributed by atoms with E-state index in [0.717, 1.165) is 5.56 Å². The van der Waals surface area contributed by atoms with Crippen molar-refractivity contribution in [1.29, 1.82) is 0 Å². The highest BCUT2D eigenvalue weighted by Gasteiger charge is 2.19. The van der Waals surface area contributed by atoms with Crippen LogP contribution in [-0.4, -0.2) is 36.1 Å². The maximum Gasteiger partial charge on any atom is 0.321 e. The van der Waals surface area contributed by atoms with Crippen molar-refractivity contribution in [3.63, 3.8) is 0 Å². The molecule has 1 N–H and O–H groups in total. The summed E-state index contributed by atoms with van der Waals surface area (Å²) in [4.78, 5) is 12.8. The fraction of sp³-hybridized carbons (Fsp3) is 0.500. The molecule has 0 saturated heterocycles. The number of carboxylic acids is 1. The minimum Gasteiger partial charge on any atom is -0.480 e. The van der Waals surface area contributed by atoms with Gasteiger partial charge >= 0.3 is 5.97 Å². The number of aliphatic carboxylic acids is 1. The lowest BCUT2D eigenvalue weighted by Gasteiger charge is -2.20. The van der Waals surface area contributed by atoms with Crippen LogP contribution in [0.4, 0.5) is 0 Å². The van der Waals surface area contributed by atoms with Crippen molar-refractivity contribution < 1.29 is 9.90 Å². The Hall–Kier alpha value is -1.35. The Morgan fingerprint density at radius 1 is 1.24 bits per heavy atom. The van der Waals surface area contributed by atoms with E-state index in [-0.39, 0.29) is 0 Å². The van der Waals surface area contributed by atoms with Gasteiger partial charge in [-0.05, 0) is 37.6 Å². The summed E-state index contributed by atoms with van der Waals surface area (Å²) < 4.78 is 0. The molecule has 0 heterocycles. The van der Waals surface area contributed by atoms with Gasteiger partial charge in [0.15, 0.2) is 0 Å². The molecule has 1 aromatic carbocycles. The molecule has 0 aromatic heterocycles. The van der Waals surface area contributed by atoms with E-state index in [4.69, 9.17) is 5.11 Å². The summed E-state index contributed by atoms with van der Waals surface area (Å²) in [5.74, 6) is -0.267. The van der Waals surface area contributed by atoms with Crippen LogP contribution in [0.5, 0.6) is 0 Å². The van der Waals surface area contributed by atoms with E-state index in [1.54, 1.807) is 19.0 Å². The molecule has 3 heteroatoms. The van der Waals surface area contributed by atoms with E-state index in [0.29, 0.717) is 12.3 Å². The molecular weight excluding hydrogens is 214 g/mol. The first kappa shape index (κ1) is 13.7. The molecule has 1 aromatic rings. The molecule has 17 heavy (non-hydrogen) atoms. The van der Waals surface area contributed by atoms with Gasteiger partial charge in [-0.25, -0.2) is 0 Å². The Morgan fingerprint density at radius 3 is 2.12 bits per heavy atom. The molecule has 0 amide bonds. The van der Waals surface area contributed by atoms with Crippen molar-refractivity contribution in [1.82, 2.24) is 4.90 Å². The summed E-state index contributed by atoms with van der Waals surface area (Å²) in [6.07, 6.45) is 0.542. The Morgan fingerprint density at radius 2 is 1.76 bits per heavy atom. The molecular formula is C14H21NO2. The van der Waals surface area contributed by atoms with Crippen LogP contribution in [0.1, 0.15) is 30.9 Å². The van der Waals surface area contributed by atoms with E-state index in [9.17, 15) is 4.79 Å². The molecule has 1 atom stereocenters. The van der Waals surface area contributed by atoms with Crippen LogP contribution >= 0.6 is 0 Å². The first-order valence-corrected chi connectivity index (χ1v) is 5.90. The van der Waals surface area contributed by atoms with Crippen molar-refractivity contribution in [2.24, 2.45) is 0 Å². The summed E-state index contributed by atoms with van der Waals surface area (Å²) in [5.41, 5.74) is 2.35. The van der Waals surface area contributed by atoms with Gasteiger partial charge < -0.3 is 5.11 Å². The number of carboxylic acid groups (broad SMARTS) is 1. The smallest absolute Gasteiger partial charge is 0.321 e. The molecule has 0 aliphatic rings. The summed E-state index contributed by atoms with van der Waals surface area (Å²) in [7, 11) is 3.59. The SMILES string of the molecule is CC(C)c1ccc(CC(C(=O)O)N(C)C)cc1. The van der Waals surface area contributed by atoms with Crippen LogP contribution in [0.3, 0.4) is 0 Å². The Balaban J connectivity index is 2.77. The summed E-state index contributed by atoms with van der Waals surface area (Å²) in [6.45, 7) is 4.30. The molecule has 3 nitrogen and oxygen atoms in total. The highest BCUT2D eigenvalue weighted by atomic mass is 16.4. The number of rotatable bonds is 5. The number of hydrogen-bond donors (Lipinski definition) is 1. The van der Waals surface area contributed by atoms with Crippen LogP contribution in [-0.2, 0) is 11.2 Å². The molecule has 0 aliphatic carbocycles. The highest BCUT2D eigenvalue weighted by Crippen LogP contribution is 2.16. The molecule has 0 radical (unpaired) electrons. The van der Waals surface area contributed by atoms with Gasteiger partial charge in [0.05, 0.1) is 0 Å². The number of carbonyl (C=O) groups is 1.